The fourth-order valence-corrected chi connectivity index (χ4v) is 3.34. The molecule has 0 fully saturated rings. The number of rotatable bonds is 5. The van der Waals surface area contributed by atoms with Gasteiger partial charge in [-0.15, -0.1) is 0 Å². The van der Waals surface area contributed by atoms with Crippen molar-refractivity contribution in [3.05, 3.63) is 35.7 Å². The van der Waals surface area contributed by atoms with E-state index in [1.54, 1.807) is 27.0 Å². The molecule has 2 heterocycles. The van der Waals surface area contributed by atoms with Crippen molar-refractivity contribution < 1.29 is 34.2 Å². The Morgan fingerprint density at radius 1 is 1.35 bits per heavy atom. The zero-order valence-corrected chi connectivity index (χ0v) is 14.9. The summed E-state index contributed by atoms with van der Waals surface area (Å²) in [7, 11) is 0. The third-order valence-corrected chi connectivity index (χ3v) is 4.79. The summed E-state index contributed by atoms with van der Waals surface area (Å²) in [6, 6.07) is 4.47. The van der Waals surface area contributed by atoms with Crippen LogP contribution in [-0.4, -0.2) is 39.0 Å². The molecule has 0 amide bonds. The molecule has 1 aliphatic heterocycles. The zero-order chi connectivity index (χ0) is 19.2. The smallest absolute Gasteiger partial charge is 0.374 e. The average molecular weight is 360 g/mol. The maximum absolute atomic E-state index is 11.6. The first-order valence-corrected chi connectivity index (χ1v) is 8.39. The second-order valence-corrected chi connectivity index (χ2v) is 7.29. The van der Waals surface area contributed by atoms with Crippen LogP contribution in [-0.2, 0) is 16.0 Å². The molecule has 7 nitrogen and oxygen atoms in total. The predicted molar refractivity (Wildman–Crippen MR) is 92.2 cm³/mol. The second kappa shape index (κ2) is 6.25. The molecule has 3 rings (SSSR count). The van der Waals surface area contributed by atoms with Crippen LogP contribution in [0.15, 0.2) is 24.4 Å². The molecule has 26 heavy (non-hydrogen) atoms. The first-order valence-electron chi connectivity index (χ1n) is 8.39. The Morgan fingerprint density at radius 3 is 2.62 bits per heavy atom. The topological polar surface area (TPSA) is 108 Å². The van der Waals surface area contributed by atoms with Crippen LogP contribution in [0.1, 0.15) is 37.6 Å². The summed E-state index contributed by atoms with van der Waals surface area (Å²) in [6.07, 6.45) is 1.28. The molecule has 0 aliphatic carbocycles. The highest BCUT2D eigenvalue weighted by Gasteiger charge is 2.37. The molecule has 0 spiro atoms. The number of carboxylic acids is 2. The molecular formula is C19H22NO6+. The predicted octanol–water partition coefficient (Wildman–Crippen LogP) is 1.61. The number of aryl methyl sites for hydroxylation is 1. The number of pyridine rings is 1. The van der Waals surface area contributed by atoms with Crippen LogP contribution in [0.25, 0.3) is 10.8 Å². The Bertz CT molecular complexity index is 899. The van der Waals surface area contributed by atoms with E-state index in [4.69, 9.17) is 9.84 Å². The van der Waals surface area contributed by atoms with Crippen LogP contribution < -0.4 is 9.30 Å². The third-order valence-electron chi connectivity index (χ3n) is 4.79. The van der Waals surface area contributed by atoms with Crippen LogP contribution in [0.3, 0.4) is 0 Å². The van der Waals surface area contributed by atoms with E-state index < -0.39 is 36.1 Å². The standard InChI is InChI=1S/C19H21NO6/c1-10-6-11-4-5-12-7-15(19(2,3)25)26-17(12)13(11)9-20(10)14(18(23)24)8-16(21)22/h4-6,9,14-15,25H,7-8H2,1-3H3,(H-,21,22,23,24)/p+1. The van der Waals surface area contributed by atoms with Gasteiger partial charge in [-0.3, -0.25) is 4.79 Å². The number of aromatic nitrogens is 1. The van der Waals surface area contributed by atoms with Crippen molar-refractivity contribution in [3.63, 3.8) is 0 Å². The molecule has 0 radical (unpaired) electrons. The van der Waals surface area contributed by atoms with Crippen molar-refractivity contribution in [2.45, 2.75) is 51.4 Å². The molecule has 0 saturated heterocycles. The van der Waals surface area contributed by atoms with E-state index in [9.17, 15) is 19.8 Å². The quantitative estimate of drug-likeness (QED) is 0.699. The van der Waals surface area contributed by atoms with Gasteiger partial charge in [-0.05, 0) is 24.8 Å². The van der Waals surface area contributed by atoms with Crippen molar-refractivity contribution in [2.24, 2.45) is 0 Å². The molecule has 2 aromatic rings. The number of aliphatic carboxylic acids is 2. The van der Waals surface area contributed by atoms with Gasteiger partial charge in [-0.1, -0.05) is 12.1 Å². The maximum atomic E-state index is 11.6. The second-order valence-electron chi connectivity index (χ2n) is 7.29. The minimum atomic E-state index is -1.21. The zero-order valence-electron chi connectivity index (χ0n) is 14.9. The van der Waals surface area contributed by atoms with Crippen molar-refractivity contribution in [1.82, 2.24) is 0 Å². The lowest BCUT2D eigenvalue weighted by atomic mass is 9.96. The Hall–Kier alpha value is -2.67. The van der Waals surface area contributed by atoms with Gasteiger partial charge in [-0.2, -0.15) is 4.57 Å². The molecule has 0 saturated carbocycles. The Morgan fingerprint density at radius 2 is 2.04 bits per heavy atom. The van der Waals surface area contributed by atoms with Gasteiger partial charge < -0.3 is 20.1 Å². The third kappa shape index (κ3) is 3.22. The van der Waals surface area contributed by atoms with E-state index in [1.807, 2.05) is 18.2 Å². The van der Waals surface area contributed by atoms with Gasteiger partial charge in [0.2, 0.25) is 0 Å². The van der Waals surface area contributed by atoms with Gasteiger partial charge in [0.05, 0.1) is 11.0 Å². The number of hydrogen-bond acceptors (Lipinski definition) is 4. The summed E-state index contributed by atoms with van der Waals surface area (Å²) < 4.78 is 7.43. The van der Waals surface area contributed by atoms with E-state index in [0.29, 0.717) is 23.3 Å². The number of hydrogen-bond donors (Lipinski definition) is 3. The number of carboxylic acid groups (broad SMARTS) is 2. The number of benzene rings is 1. The summed E-state index contributed by atoms with van der Waals surface area (Å²) >= 11 is 0. The first-order chi connectivity index (χ1) is 12.1. The monoisotopic (exact) mass is 360 g/mol. The molecule has 1 aromatic heterocycles. The van der Waals surface area contributed by atoms with Gasteiger partial charge in [0, 0.05) is 19.4 Å². The van der Waals surface area contributed by atoms with Crippen molar-refractivity contribution in [3.8, 4) is 5.75 Å². The van der Waals surface area contributed by atoms with E-state index in [1.165, 1.54) is 4.57 Å². The fourth-order valence-electron chi connectivity index (χ4n) is 3.34. The number of ether oxygens (including phenoxy) is 1. The van der Waals surface area contributed by atoms with Gasteiger partial charge in [0.25, 0.3) is 6.04 Å². The molecule has 1 aromatic carbocycles. The maximum Gasteiger partial charge on any atom is 0.374 e. The number of aliphatic hydroxyl groups is 1. The number of nitrogens with zero attached hydrogens (tertiary/aromatic N) is 1. The molecule has 2 atom stereocenters. The molecule has 7 heteroatoms. The number of fused-ring (bicyclic) bond motifs is 3. The minimum absolute atomic E-state index is 0.396. The largest absolute Gasteiger partial charge is 0.486 e. The molecule has 3 N–H and O–H groups in total. The van der Waals surface area contributed by atoms with E-state index in [-0.39, 0.29) is 0 Å². The lowest BCUT2D eigenvalue weighted by molar-refractivity contribution is -0.714. The molecule has 1 aliphatic rings. The van der Waals surface area contributed by atoms with Crippen LogP contribution in [0, 0.1) is 6.92 Å². The van der Waals surface area contributed by atoms with Gasteiger partial charge >= 0.3 is 11.9 Å². The Labute approximate surface area is 150 Å². The highest BCUT2D eigenvalue weighted by Crippen LogP contribution is 2.38. The van der Waals surface area contributed by atoms with E-state index in [0.717, 1.165) is 10.9 Å². The summed E-state index contributed by atoms with van der Waals surface area (Å²) in [4.78, 5) is 22.7. The van der Waals surface area contributed by atoms with Gasteiger partial charge in [-0.25, -0.2) is 4.79 Å². The SMILES string of the molecule is Cc1cc2ccc3c(c2c[n+]1C(CC(=O)O)C(=O)O)OC(C(C)(C)O)C3. The summed E-state index contributed by atoms with van der Waals surface area (Å²) in [5.41, 5.74) is 0.562. The average Bonchev–Trinajstić information content (AvgIpc) is 2.96. The van der Waals surface area contributed by atoms with E-state index in [2.05, 4.69) is 0 Å². The van der Waals surface area contributed by atoms with Crippen LogP contribution in [0.2, 0.25) is 0 Å². The van der Waals surface area contributed by atoms with Crippen molar-refractivity contribution >= 4 is 22.7 Å². The molecular weight excluding hydrogens is 338 g/mol. The van der Waals surface area contributed by atoms with Crippen LogP contribution >= 0.6 is 0 Å². The minimum Gasteiger partial charge on any atom is -0.486 e. The molecule has 138 valence electrons. The molecule has 2 unspecified atom stereocenters. The lowest BCUT2D eigenvalue weighted by Crippen LogP contribution is -2.47. The highest BCUT2D eigenvalue weighted by atomic mass is 16.5. The number of carbonyl (C=O) groups is 2. The first kappa shape index (κ1) is 18.1. The van der Waals surface area contributed by atoms with Crippen LogP contribution in [0.5, 0.6) is 5.75 Å². The Kier molecular flexibility index (Phi) is 4.36. The molecule has 0 bridgehead atoms. The van der Waals surface area contributed by atoms with Gasteiger partial charge in [0.1, 0.15) is 18.3 Å². The van der Waals surface area contributed by atoms with Crippen molar-refractivity contribution in [1.29, 1.82) is 0 Å². The summed E-state index contributed by atoms with van der Waals surface area (Å²) in [6.45, 7) is 5.11. The lowest BCUT2D eigenvalue weighted by Gasteiger charge is -2.24. The van der Waals surface area contributed by atoms with Crippen molar-refractivity contribution in [2.75, 3.05) is 0 Å². The fraction of sp³-hybridized carbons (Fsp3) is 0.421. The normalized spacial score (nSPS) is 17.6. The Balaban J connectivity index is 2.13. The summed E-state index contributed by atoms with van der Waals surface area (Å²) in [5.74, 6) is -1.77. The van der Waals surface area contributed by atoms with Gasteiger partial charge in [0.15, 0.2) is 11.9 Å². The summed E-state index contributed by atoms with van der Waals surface area (Å²) in [5, 5.41) is 30.3. The highest BCUT2D eigenvalue weighted by molar-refractivity contribution is 5.89. The van der Waals surface area contributed by atoms with E-state index >= 15 is 0 Å². The van der Waals surface area contributed by atoms with Crippen LogP contribution in [0.4, 0.5) is 0 Å².